The first-order valence-electron chi connectivity index (χ1n) is 5.99. The summed E-state index contributed by atoms with van der Waals surface area (Å²) in [7, 11) is 0. The molecule has 7 heteroatoms. The average Bonchev–Trinajstić information content (AvgIpc) is 2.45. The first kappa shape index (κ1) is 15.0. The van der Waals surface area contributed by atoms with Crippen molar-refractivity contribution in [2.45, 2.75) is 0 Å². The number of phenols is 1. The minimum absolute atomic E-state index is 0.342. The van der Waals surface area contributed by atoms with Gasteiger partial charge in [-0.1, -0.05) is 12.1 Å². The van der Waals surface area contributed by atoms with Gasteiger partial charge in [0.25, 0.3) is 0 Å². The van der Waals surface area contributed by atoms with Crippen molar-refractivity contribution < 1.29 is 34.8 Å². The number of phenolic OH excluding ortho intramolecular Hbond substituents is 1. The first-order valence-corrected chi connectivity index (χ1v) is 5.99. The Labute approximate surface area is 123 Å². The van der Waals surface area contributed by atoms with Gasteiger partial charge >= 0.3 is 17.9 Å². The molecule has 7 nitrogen and oxygen atoms in total. The fraction of sp³-hybridized carbons (Fsp3) is 0. The van der Waals surface area contributed by atoms with Crippen LogP contribution in [-0.2, 0) is 0 Å². The van der Waals surface area contributed by atoms with Gasteiger partial charge in [0, 0.05) is 11.1 Å². The molecule has 2 rings (SSSR count). The van der Waals surface area contributed by atoms with Gasteiger partial charge in [0.05, 0.1) is 16.7 Å². The zero-order chi connectivity index (χ0) is 16.4. The van der Waals surface area contributed by atoms with Crippen molar-refractivity contribution in [1.29, 1.82) is 0 Å². The lowest BCUT2D eigenvalue weighted by Crippen LogP contribution is -2.09. The summed E-state index contributed by atoms with van der Waals surface area (Å²) in [6.45, 7) is 0. The standard InChI is InChI=1S/C15H10O7/c16-10-6-2-5-9(15(21)22)12(10)11-7(13(17)18)3-1-4-8(11)14(19)20/h1-6,16H,(H,17,18)(H,19,20)(H,21,22). The highest BCUT2D eigenvalue weighted by Crippen LogP contribution is 2.37. The summed E-state index contributed by atoms with van der Waals surface area (Å²) in [5.41, 5.74) is -1.91. The Morgan fingerprint density at radius 2 is 1.00 bits per heavy atom. The zero-order valence-electron chi connectivity index (χ0n) is 11.0. The van der Waals surface area contributed by atoms with E-state index >= 15 is 0 Å². The third kappa shape index (κ3) is 2.47. The maximum absolute atomic E-state index is 11.3. The molecule has 0 saturated heterocycles. The molecule has 112 valence electrons. The Bertz CT molecular complexity index is 760. The molecule has 22 heavy (non-hydrogen) atoms. The van der Waals surface area contributed by atoms with Crippen molar-refractivity contribution in [3.8, 4) is 16.9 Å². The van der Waals surface area contributed by atoms with E-state index in [9.17, 15) is 34.8 Å². The second kappa shape index (κ2) is 5.57. The Kier molecular flexibility index (Phi) is 3.81. The van der Waals surface area contributed by atoms with Crippen molar-refractivity contribution in [2.24, 2.45) is 0 Å². The van der Waals surface area contributed by atoms with E-state index in [0.717, 1.165) is 24.3 Å². The third-order valence-corrected chi connectivity index (χ3v) is 3.05. The Balaban J connectivity index is 2.97. The van der Waals surface area contributed by atoms with E-state index in [4.69, 9.17) is 0 Å². The van der Waals surface area contributed by atoms with Crippen LogP contribution in [0.4, 0.5) is 0 Å². The van der Waals surface area contributed by atoms with Crippen molar-refractivity contribution in [2.75, 3.05) is 0 Å². The fourth-order valence-electron chi connectivity index (χ4n) is 2.16. The van der Waals surface area contributed by atoms with E-state index in [0.29, 0.717) is 0 Å². The molecular formula is C15H10O7. The number of benzene rings is 2. The highest BCUT2D eigenvalue weighted by atomic mass is 16.4. The van der Waals surface area contributed by atoms with Crippen LogP contribution in [0.1, 0.15) is 31.1 Å². The third-order valence-electron chi connectivity index (χ3n) is 3.05. The number of carboxylic acid groups (broad SMARTS) is 3. The van der Waals surface area contributed by atoms with E-state index < -0.39 is 40.3 Å². The molecule has 0 aromatic heterocycles. The molecule has 2 aromatic carbocycles. The van der Waals surface area contributed by atoms with E-state index in [1.807, 2.05) is 0 Å². The van der Waals surface area contributed by atoms with Gasteiger partial charge < -0.3 is 20.4 Å². The lowest BCUT2D eigenvalue weighted by molar-refractivity contribution is 0.0679. The smallest absolute Gasteiger partial charge is 0.336 e. The normalized spacial score (nSPS) is 10.2. The molecule has 0 aliphatic rings. The number of hydrogen-bond donors (Lipinski definition) is 4. The molecule has 0 fully saturated rings. The van der Waals surface area contributed by atoms with E-state index in [-0.39, 0.29) is 11.1 Å². The molecule has 0 heterocycles. The van der Waals surface area contributed by atoms with Crippen LogP contribution >= 0.6 is 0 Å². The predicted octanol–water partition coefficient (Wildman–Crippen LogP) is 2.15. The monoisotopic (exact) mass is 302 g/mol. The molecule has 0 saturated carbocycles. The molecule has 0 spiro atoms. The van der Waals surface area contributed by atoms with Gasteiger partial charge in [0.15, 0.2) is 0 Å². The summed E-state index contributed by atoms with van der Waals surface area (Å²) < 4.78 is 0. The highest BCUT2D eigenvalue weighted by Gasteiger charge is 2.25. The van der Waals surface area contributed by atoms with Crippen LogP contribution in [0, 0.1) is 0 Å². The highest BCUT2D eigenvalue weighted by molar-refractivity contribution is 6.09. The number of aromatic hydroxyl groups is 1. The zero-order valence-corrected chi connectivity index (χ0v) is 11.0. The maximum atomic E-state index is 11.3. The van der Waals surface area contributed by atoms with Crippen LogP contribution in [0.15, 0.2) is 36.4 Å². The van der Waals surface area contributed by atoms with Gasteiger partial charge in [-0.3, -0.25) is 0 Å². The SMILES string of the molecule is O=C(O)c1cccc(O)c1-c1c(C(=O)O)cccc1C(=O)O. The number of carbonyl (C=O) groups is 3. The van der Waals surface area contributed by atoms with E-state index in [1.165, 1.54) is 12.1 Å². The molecule has 4 N–H and O–H groups in total. The second-order valence-corrected chi connectivity index (χ2v) is 4.34. The van der Waals surface area contributed by atoms with Crippen LogP contribution in [0.2, 0.25) is 0 Å². The molecule has 0 atom stereocenters. The van der Waals surface area contributed by atoms with Gasteiger partial charge in [-0.25, -0.2) is 14.4 Å². The largest absolute Gasteiger partial charge is 0.507 e. The molecule has 0 radical (unpaired) electrons. The molecular weight excluding hydrogens is 292 g/mol. The second-order valence-electron chi connectivity index (χ2n) is 4.34. The number of rotatable bonds is 4. The summed E-state index contributed by atoms with van der Waals surface area (Å²) in [4.78, 5) is 34.0. The summed E-state index contributed by atoms with van der Waals surface area (Å²) in [5.74, 6) is -4.80. The van der Waals surface area contributed by atoms with Crippen molar-refractivity contribution in [3.05, 3.63) is 53.1 Å². The molecule has 0 amide bonds. The predicted molar refractivity (Wildman–Crippen MR) is 74.4 cm³/mol. The van der Waals surface area contributed by atoms with Crippen molar-refractivity contribution in [1.82, 2.24) is 0 Å². The minimum atomic E-state index is -1.43. The summed E-state index contributed by atoms with van der Waals surface area (Å²) in [6.07, 6.45) is 0. The van der Waals surface area contributed by atoms with Crippen LogP contribution in [-0.4, -0.2) is 38.3 Å². The number of carboxylic acids is 3. The summed E-state index contributed by atoms with van der Waals surface area (Å²) in [6, 6.07) is 7.10. The number of aromatic carboxylic acids is 3. The summed E-state index contributed by atoms with van der Waals surface area (Å²) in [5, 5.41) is 37.6. The molecule has 2 aromatic rings. The molecule has 0 aliphatic carbocycles. The summed E-state index contributed by atoms with van der Waals surface area (Å²) >= 11 is 0. The van der Waals surface area contributed by atoms with Crippen LogP contribution in [0.5, 0.6) is 5.75 Å². The first-order chi connectivity index (χ1) is 10.3. The molecule has 0 aliphatic heterocycles. The Morgan fingerprint density at radius 3 is 1.41 bits per heavy atom. The van der Waals surface area contributed by atoms with Crippen molar-refractivity contribution in [3.63, 3.8) is 0 Å². The Morgan fingerprint density at radius 1 is 0.636 bits per heavy atom. The van der Waals surface area contributed by atoms with Gasteiger partial charge in [-0.05, 0) is 24.3 Å². The maximum Gasteiger partial charge on any atom is 0.336 e. The van der Waals surface area contributed by atoms with Crippen LogP contribution in [0.25, 0.3) is 11.1 Å². The lowest BCUT2D eigenvalue weighted by atomic mass is 9.90. The quantitative estimate of drug-likeness (QED) is 0.680. The van der Waals surface area contributed by atoms with E-state index in [2.05, 4.69) is 0 Å². The van der Waals surface area contributed by atoms with Gasteiger partial charge in [-0.15, -0.1) is 0 Å². The van der Waals surface area contributed by atoms with Crippen LogP contribution in [0.3, 0.4) is 0 Å². The molecule has 0 unspecified atom stereocenters. The Hall–Kier alpha value is -3.35. The van der Waals surface area contributed by atoms with Gasteiger partial charge in [-0.2, -0.15) is 0 Å². The fourth-order valence-corrected chi connectivity index (χ4v) is 2.16. The van der Waals surface area contributed by atoms with Crippen molar-refractivity contribution >= 4 is 17.9 Å². The van der Waals surface area contributed by atoms with Gasteiger partial charge in [0.2, 0.25) is 0 Å². The van der Waals surface area contributed by atoms with Crippen LogP contribution < -0.4 is 0 Å². The molecule has 0 bridgehead atoms. The van der Waals surface area contributed by atoms with Gasteiger partial charge in [0.1, 0.15) is 5.75 Å². The number of hydrogen-bond acceptors (Lipinski definition) is 4. The minimum Gasteiger partial charge on any atom is -0.507 e. The topological polar surface area (TPSA) is 132 Å². The average molecular weight is 302 g/mol. The lowest BCUT2D eigenvalue weighted by Gasteiger charge is -2.14. The van der Waals surface area contributed by atoms with E-state index in [1.54, 1.807) is 0 Å².